The first-order chi connectivity index (χ1) is 3.31. The van der Waals surface area contributed by atoms with Crippen LogP contribution in [0, 0.1) is 0 Å². The van der Waals surface area contributed by atoms with Crippen molar-refractivity contribution in [3.8, 4) is 0 Å². The Bertz CT molecular complexity index is 39.1. The van der Waals surface area contributed by atoms with Gasteiger partial charge in [-0.05, 0) is 6.42 Å². The molecular formula is C5H11BrO. The third kappa shape index (κ3) is 4.29. The van der Waals surface area contributed by atoms with Gasteiger partial charge in [-0.1, -0.05) is 29.3 Å². The number of halogens is 1. The lowest BCUT2D eigenvalue weighted by molar-refractivity contribution is 0.189. The fourth-order valence-electron chi connectivity index (χ4n) is 0.410. The lowest BCUT2D eigenvalue weighted by Crippen LogP contribution is -2.05. The molecule has 0 unspecified atom stereocenters. The highest BCUT2D eigenvalue weighted by atomic mass is 79.9. The maximum absolute atomic E-state index is 8.81. The quantitative estimate of drug-likeness (QED) is 0.632. The third-order valence-electron chi connectivity index (χ3n) is 0.800. The summed E-state index contributed by atoms with van der Waals surface area (Å²) >= 11 is 3.17. The van der Waals surface area contributed by atoms with Crippen molar-refractivity contribution >= 4 is 15.9 Å². The molecule has 0 aromatic rings. The van der Waals surface area contributed by atoms with Crippen LogP contribution in [0.2, 0.25) is 0 Å². The summed E-state index contributed by atoms with van der Waals surface area (Å²) in [7, 11) is 0. The van der Waals surface area contributed by atoms with E-state index in [4.69, 9.17) is 5.11 Å². The Morgan fingerprint density at radius 2 is 2.29 bits per heavy atom. The molecule has 1 nitrogen and oxygen atoms in total. The Balaban J connectivity index is 2.83. The minimum absolute atomic E-state index is 0.134. The second kappa shape index (κ2) is 4.60. The maximum Gasteiger partial charge on any atom is 0.0636 e. The van der Waals surface area contributed by atoms with Gasteiger partial charge >= 0.3 is 0 Å². The Labute approximate surface area is 52.9 Å². The van der Waals surface area contributed by atoms with E-state index in [2.05, 4.69) is 22.9 Å². The third-order valence-corrected chi connectivity index (χ3v) is 1.55. The van der Waals surface area contributed by atoms with Crippen molar-refractivity contribution in [3.63, 3.8) is 0 Å². The number of aliphatic hydroxyl groups is 1. The fourth-order valence-corrected chi connectivity index (χ4v) is 0.734. The second-order valence-corrected chi connectivity index (χ2v) is 2.24. The molecule has 0 spiro atoms. The number of hydrogen-bond acceptors (Lipinski definition) is 1. The van der Waals surface area contributed by atoms with E-state index in [0.717, 1.165) is 12.8 Å². The number of aliphatic hydroxyl groups excluding tert-OH is 1. The Kier molecular flexibility index (Phi) is 4.88. The molecular weight excluding hydrogens is 156 g/mol. The molecule has 0 saturated heterocycles. The SMILES string of the molecule is CCC[C@H](O)CBr. The number of hydrogen-bond donors (Lipinski definition) is 1. The smallest absolute Gasteiger partial charge is 0.0636 e. The molecule has 0 saturated carbocycles. The van der Waals surface area contributed by atoms with Crippen LogP contribution in [0.1, 0.15) is 19.8 Å². The predicted molar refractivity (Wildman–Crippen MR) is 34.7 cm³/mol. The van der Waals surface area contributed by atoms with E-state index < -0.39 is 0 Å². The molecule has 7 heavy (non-hydrogen) atoms. The first kappa shape index (κ1) is 7.44. The van der Waals surface area contributed by atoms with E-state index >= 15 is 0 Å². The Morgan fingerprint density at radius 1 is 1.71 bits per heavy atom. The van der Waals surface area contributed by atoms with Crippen LogP contribution in [0.5, 0.6) is 0 Å². The number of alkyl halides is 1. The van der Waals surface area contributed by atoms with Crippen LogP contribution in [0.25, 0.3) is 0 Å². The first-order valence-corrected chi connectivity index (χ1v) is 3.67. The van der Waals surface area contributed by atoms with E-state index in [9.17, 15) is 0 Å². The van der Waals surface area contributed by atoms with E-state index in [0.29, 0.717) is 5.33 Å². The second-order valence-electron chi connectivity index (χ2n) is 1.60. The van der Waals surface area contributed by atoms with Crippen LogP contribution in [0.4, 0.5) is 0 Å². The summed E-state index contributed by atoms with van der Waals surface area (Å²) in [6.07, 6.45) is 1.84. The van der Waals surface area contributed by atoms with Crippen molar-refractivity contribution in [1.29, 1.82) is 0 Å². The van der Waals surface area contributed by atoms with Gasteiger partial charge in [0.2, 0.25) is 0 Å². The summed E-state index contributed by atoms with van der Waals surface area (Å²) in [5, 5.41) is 9.52. The van der Waals surface area contributed by atoms with Crippen LogP contribution in [0.15, 0.2) is 0 Å². The molecule has 0 radical (unpaired) electrons. The van der Waals surface area contributed by atoms with Crippen molar-refractivity contribution in [2.45, 2.75) is 25.9 Å². The van der Waals surface area contributed by atoms with Gasteiger partial charge in [0.25, 0.3) is 0 Å². The lowest BCUT2D eigenvalue weighted by atomic mass is 10.2. The molecule has 0 aromatic carbocycles. The van der Waals surface area contributed by atoms with Gasteiger partial charge in [0.1, 0.15) is 0 Å². The largest absolute Gasteiger partial charge is 0.392 e. The number of rotatable bonds is 3. The van der Waals surface area contributed by atoms with Gasteiger partial charge in [-0.3, -0.25) is 0 Å². The molecule has 0 rings (SSSR count). The average molecular weight is 167 g/mol. The monoisotopic (exact) mass is 166 g/mol. The first-order valence-electron chi connectivity index (χ1n) is 2.55. The van der Waals surface area contributed by atoms with E-state index in [1.165, 1.54) is 0 Å². The summed E-state index contributed by atoms with van der Waals surface area (Å²) < 4.78 is 0. The topological polar surface area (TPSA) is 20.2 Å². The molecule has 2 heteroatoms. The van der Waals surface area contributed by atoms with Gasteiger partial charge < -0.3 is 5.11 Å². The van der Waals surface area contributed by atoms with Gasteiger partial charge in [0.05, 0.1) is 6.10 Å². The highest BCUT2D eigenvalue weighted by molar-refractivity contribution is 9.09. The molecule has 0 amide bonds. The van der Waals surface area contributed by atoms with Crippen LogP contribution in [0.3, 0.4) is 0 Å². The van der Waals surface area contributed by atoms with Crippen molar-refractivity contribution in [2.75, 3.05) is 5.33 Å². The minimum atomic E-state index is -0.134. The summed E-state index contributed by atoms with van der Waals surface area (Å²) in [5.74, 6) is 0. The lowest BCUT2D eigenvalue weighted by Gasteiger charge is -2.00. The van der Waals surface area contributed by atoms with Crippen molar-refractivity contribution in [2.24, 2.45) is 0 Å². The Hall–Kier alpha value is 0.440. The standard InChI is InChI=1S/C5H11BrO/c1-2-3-5(7)4-6/h5,7H,2-4H2,1H3/t5-/m0/s1. The van der Waals surface area contributed by atoms with Crippen molar-refractivity contribution in [1.82, 2.24) is 0 Å². The maximum atomic E-state index is 8.81. The predicted octanol–water partition coefficient (Wildman–Crippen LogP) is 1.54. The molecule has 0 aliphatic rings. The van der Waals surface area contributed by atoms with Gasteiger partial charge in [-0.15, -0.1) is 0 Å². The zero-order valence-electron chi connectivity index (χ0n) is 4.52. The van der Waals surface area contributed by atoms with Gasteiger partial charge in [0, 0.05) is 5.33 Å². The van der Waals surface area contributed by atoms with Crippen LogP contribution in [-0.2, 0) is 0 Å². The normalized spacial score (nSPS) is 14.1. The summed E-state index contributed by atoms with van der Waals surface area (Å²) in [4.78, 5) is 0. The van der Waals surface area contributed by atoms with Crippen molar-refractivity contribution in [3.05, 3.63) is 0 Å². The van der Waals surface area contributed by atoms with Crippen molar-refractivity contribution < 1.29 is 5.11 Å². The van der Waals surface area contributed by atoms with Gasteiger partial charge in [0.15, 0.2) is 0 Å². The molecule has 1 N–H and O–H groups in total. The molecule has 44 valence electrons. The van der Waals surface area contributed by atoms with E-state index in [-0.39, 0.29) is 6.10 Å². The van der Waals surface area contributed by atoms with E-state index in [1.807, 2.05) is 0 Å². The summed E-state index contributed by atoms with van der Waals surface area (Å²) in [6.45, 7) is 2.06. The highest BCUT2D eigenvalue weighted by Gasteiger charge is 1.95. The molecule has 0 aliphatic carbocycles. The molecule has 0 aromatic heterocycles. The molecule has 0 heterocycles. The molecule has 0 fully saturated rings. The highest BCUT2D eigenvalue weighted by Crippen LogP contribution is 1.97. The fraction of sp³-hybridized carbons (Fsp3) is 1.00. The van der Waals surface area contributed by atoms with Gasteiger partial charge in [-0.2, -0.15) is 0 Å². The van der Waals surface area contributed by atoms with Gasteiger partial charge in [-0.25, -0.2) is 0 Å². The zero-order valence-corrected chi connectivity index (χ0v) is 6.11. The minimum Gasteiger partial charge on any atom is -0.392 e. The average Bonchev–Trinajstić information content (AvgIpc) is 1.68. The summed E-state index contributed by atoms with van der Waals surface area (Å²) in [6, 6.07) is 0. The van der Waals surface area contributed by atoms with Crippen LogP contribution < -0.4 is 0 Å². The van der Waals surface area contributed by atoms with Crippen LogP contribution in [-0.4, -0.2) is 16.5 Å². The van der Waals surface area contributed by atoms with E-state index in [1.54, 1.807) is 0 Å². The Morgan fingerprint density at radius 3 is 2.43 bits per heavy atom. The molecule has 0 bridgehead atoms. The molecule has 1 atom stereocenters. The zero-order chi connectivity index (χ0) is 5.70. The summed E-state index contributed by atoms with van der Waals surface area (Å²) in [5.41, 5.74) is 0. The van der Waals surface area contributed by atoms with Crippen LogP contribution >= 0.6 is 15.9 Å². The molecule has 0 aliphatic heterocycles.